The molecule has 8 heteroatoms. The molecule has 2 aliphatic rings. The van der Waals surface area contributed by atoms with Crippen molar-refractivity contribution in [2.24, 2.45) is 4.99 Å². The molecule has 1 aliphatic carbocycles. The number of hydrogen-bond donors (Lipinski definition) is 0. The summed E-state index contributed by atoms with van der Waals surface area (Å²) in [6, 6.07) is 16.2. The molecule has 0 amide bonds. The molecule has 0 unspecified atom stereocenters. The predicted octanol–water partition coefficient (Wildman–Crippen LogP) is 7.57. The van der Waals surface area contributed by atoms with E-state index in [1.54, 1.807) is 11.3 Å². The molecule has 5 nitrogen and oxygen atoms in total. The molecule has 2 aromatic carbocycles. The van der Waals surface area contributed by atoms with Gasteiger partial charge in [0.05, 0.1) is 22.7 Å². The molecule has 5 aromatic rings. The van der Waals surface area contributed by atoms with Crippen molar-refractivity contribution < 1.29 is 0 Å². The highest BCUT2D eigenvalue weighted by atomic mass is 35.5. The van der Waals surface area contributed by atoms with Crippen molar-refractivity contribution in [2.75, 3.05) is 0 Å². The summed E-state index contributed by atoms with van der Waals surface area (Å²) in [5.41, 5.74) is 6.85. The second-order valence-electron chi connectivity index (χ2n) is 10.0. The molecule has 4 heterocycles. The summed E-state index contributed by atoms with van der Waals surface area (Å²) in [6.07, 6.45) is 5.93. The lowest BCUT2D eigenvalue weighted by molar-refractivity contribution is 0.693. The number of benzene rings is 2. The van der Waals surface area contributed by atoms with Crippen LogP contribution in [-0.2, 0) is 25.9 Å². The normalized spacial score (nSPS) is 14.5. The third-order valence-electron chi connectivity index (χ3n) is 7.61. The highest BCUT2D eigenvalue weighted by molar-refractivity contribution is 7.15. The number of aliphatic imine (C=N–C) groups is 1. The summed E-state index contributed by atoms with van der Waals surface area (Å²) < 4.78 is 4.48. The van der Waals surface area contributed by atoms with E-state index in [-0.39, 0.29) is 0 Å². The van der Waals surface area contributed by atoms with E-state index in [4.69, 9.17) is 28.2 Å². The Balaban J connectivity index is 1.31. The molecule has 0 saturated heterocycles. The van der Waals surface area contributed by atoms with Gasteiger partial charge < -0.3 is 4.57 Å². The third-order valence-corrected chi connectivity index (χ3v) is 9.21. The molecule has 0 N–H and O–H groups in total. The highest BCUT2D eigenvalue weighted by Crippen LogP contribution is 2.35. The van der Waals surface area contributed by atoms with E-state index in [9.17, 15) is 0 Å². The molecule has 0 saturated carbocycles. The fraction of sp³-hybridized carbons (Fsp3) is 0.258. The van der Waals surface area contributed by atoms with E-state index in [0.717, 1.165) is 56.2 Å². The van der Waals surface area contributed by atoms with Crippen LogP contribution in [0.15, 0.2) is 53.5 Å². The molecule has 0 fully saturated rings. The third kappa shape index (κ3) is 4.30. The van der Waals surface area contributed by atoms with Crippen LogP contribution in [0.4, 0.5) is 0 Å². The van der Waals surface area contributed by atoms with Crippen molar-refractivity contribution in [3.63, 3.8) is 0 Å². The Morgan fingerprint density at radius 3 is 2.74 bits per heavy atom. The molecule has 194 valence electrons. The summed E-state index contributed by atoms with van der Waals surface area (Å²) in [6.45, 7) is 3.04. The van der Waals surface area contributed by atoms with Crippen LogP contribution >= 0.6 is 34.5 Å². The first-order chi connectivity index (χ1) is 19.1. The van der Waals surface area contributed by atoms with E-state index in [2.05, 4.69) is 49.4 Å². The largest absolute Gasteiger partial charge is 0.333 e. The van der Waals surface area contributed by atoms with Gasteiger partial charge in [-0.15, -0.1) is 21.5 Å². The number of fused-ring (bicyclic) bond motifs is 6. The van der Waals surface area contributed by atoms with E-state index >= 15 is 0 Å². The minimum Gasteiger partial charge on any atom is -0.333 e. The van der Waals surface area contributed by atoms with Crippen LogP contribution in [0.5, 0.6) is 0 Å². The van der Waals surface area contributed by atoms with Crippen molar-refractivity contribution in [1.29, 1.82) is 0 Å². The zero-order valence-electron chi connectivity index (χ0n) is 21.5. The van der Waals surface area contributed by atoms with Gasteiger partial charge in [-0.25, -0.2) is 0 Å². The van der Waals surface area contributed by atoms with E-state index < -0.39 is 0 Å². The quantitative estimate of drug-likeness (QED) is 0.162. The lowest BCUT2D eigenvalue weighted by atomic mass is 10.0. The monoisotopic (exact) mass is 569 g/mol. The van der Waals surface area contributed by atoms with Gasteiger partial charge in [0.2, 0.25) is 0 Å². The fourth-order valence-corrected chi connectivity index (χ4v) is 7.33. The molecule has 3 aromatic heterocycles. The van der Waals surface area contributed by atoms with Gasteiger partial charge in [0.1, 0.15) is 17.4 Å². The minimum atomic E-state index is 0.443. The Kier molecular flexibility index (Phi) is 6.31. The van der Waals surface area contributed by atoms with Crippen LogP contribution in [0.25, 0.3) is 15.9 Å². The Morgan fingerprint density at radius 1 is 0.974 bits per heavy atom. The number of hydrogen-bond acceptors (Lipinski definition) is 4. The molecule has 39 heavy (non-hydrogen) atoms. The Morgan fingerprint density at radius 2 is 1.85 bits per heavy atom. The second-order valence-corrected chi connectivity index (χ2v) is 11.9. The summed E-state index contributed by atoms with van der Waals surface area (Å²) in [4.78, 5) is 5.91. The van der Waals surface area contributed by atoms with Crippen LogP contribution in [0.3, 0.4) is 0 Å². The summed E-state index contributed by atoms with van der Waals surface area (Å²) >= 11 is 14.7. The Hall–Kier alpha value is -3.37. The van der Waals surface area contributed by atoms with Crippen LogP contribution in [0.2, 0.25) is 10.0 Å². The van der Waals surface area contributed by atoms with Gasteiger partial charge in [-0.1, -0.05) is 65.7 Å². The standard InChI is InChI=1S/C31H25Cl2N5S/c1-19-35-36-29-18-34-30(24-10-5-6-11-26(24)33)25-17-21(39-31(25)38(19)29)8-7-15-37-27-12-4-2-3-9-22(27)23-14-13-20(32)16-28(23)37/h5-6,10-11,13-14,16-17H,2-4,9,12,15,18H2,1H3. The van der Waals surface area contributed by atoms with Gasteiger partial charge in [-0.05, 0) is 62.4 Å². The van der Waals surface area contributed by atoms with E-state index in [1.165, 1.54) is 41.4 Å². The molecule has 1 aliphatic heterocycles. The summed E-state index contributed by atoms with van der Waals surface area (Å²) in [7, 11) is 0. The SMILES string of the molecule is Cc1nnc2n1-c1sc(C#CCn3c4c(c5ccc(Cl)cc53)CCCCC4)cc1C(c1ccccc1Cl)=NC2. The van der Waals surface area contributed by atoms with Crippen molar-refractivity contribution in [1.82, 2.24) is 19.3 Å². The van der Waals surface area contributed by atoms with Gasteiger partial charge >= 0.3 is 0 Å². The first kappa shape index (κ1) is 24.7. The van der Waals surface area contributed by atoms with Gasteiger partial charge in [-0.3, -0.25) is 9.56 Å². The van der Waals surface area contributed by atoms with Crippen LogP contribution in [0, 0.1) is 18.8 Å². The van der Waals surface area contributed by atoms with Crippen LogP contribution in [-0.4, -0.2) is 25.0 Å². The number of aryl methyl sites for hydroxylation is 2. The van der Waals surface area contributed by atoms with Gasteiger partial charge in [-0.2, -0.15) is 0 Å². The number of thiophene rings is 1. The van der Waals surface area contributed by atoms with Crippen molar-refractivity contribution in [3.05, 3.63) is 97.5 Å². The maximum Gasteiger partial charge on any atom is 0.160 e. The topological polar surface area (TPSA) is 48.0 Å². The van der Waals surface area contributed by atoms with E-state index in [0.29, 0.717) is 18.1 Å². The first-order valence-electron chi connectivity index (χ1n) is 13.2. The summed E-state index contributed by atoms with van der Waals surface area (Å²) in [5.74, 6) is 8.60. The fourth-order valence-electron chi connectivity index (χ4n) is 5.84. The molecule has 0 spiro atoms. The Labute approximate surface area is 241 Å². The van der Waals surface area contributed by atoms with Crippen molar-refractivity contribution in [2.45, 2.75) is 52.1 Å². The zero-order chi connectivity index (χ0) is 26.5. The van der Waals surface area contributed by atoms with Gasteiger partial charge in [0.15, 0.2) is 5.82 Å². The molecular weight excluding hydrogens is 545 g/mol. The van der Waals surface area contributed by atoms with E-state index in [1.807, 2.05) is 37.3 Å². The lowest BCUT2D eigenvalue weighted by Crippen LogP contribution is -2.05. The molecule has 0 bridgehead atoms. The molecule has 7 rings (SSSR count). The van der Waals surface area contributed by atoms with Crippen molar-refractivity contribution in [3.8, 4) is 16.8 Å². The smallest absolute Gasteiger partial charge is 0.160 e. The molecule has 0 radical (unpaired) electrons. The summed E-state index contributed by atoms with van der Waals surface area (Å²) in [5, 5.41) is 12.5. The number of rotatable bonds is 2. The van der Waals surface area contributed by atoms with Crippen molar-refractivity contribution >= 4 is 51.2 Å². The second kappa shape index (κ2) is 9.98. The van der Waals surface area contributed by atoms with Crippen LogP contribution < -0.4 is 0 Å². The first-order valence-corrected chi connectivity index (χ1v) is 14.8. The highest BCUT2D eigenvalue weighted by Gasteiger charge is 2.25. The number of nitrogens with zero attached hydrogens (tertiary/aromatic N) is 5. The Bertz CT molecular complexity index is 1850. The average molecular weight is 571 g/mol. The zero-order valence-corrected chi connectivity index (χ0v) is 23.8. The minimum absolute atomic E-state index is 0.443. The lowest BCUT2D eigenvalue weighted by Gasteiger charge is -2.08. The number of halogens is 2. The van der Waals surface area contributed by atoms with Gasteiger partial charge in [0, 0.05) is 32.3 Å². The van der Waals surface area contributed by atoms with Crippen LogP contribution in [0.1, 0.15) is 58.2 Å². The van der Waals surface area contributed by atoms with Gasteiger partial charge in [0.25, 0.3) is 0 Å². The molecule has 0 atom stereocenters. The average Bonchev–Trinajstić information content (AvgIpc) is 3.48. The predicted molar refractivity (Wildman–Crippen MR) is 160 cm³/mol. The molecular formula is C31H25Cl2N5S. The maximum atomic E-state index is 6.62. The maximum absolute atomic E-state index is 6.62. The number of aromatic nitrogens is 4.